The SMILES string of the molecule is O=C1CSC(=O)N1C/C(Cl)=C\Cl. The number of imide groups is 1. The normalized spacial score (nSPS) is 19.2. The van der Waals surface area contributed by atoms with Gasteiger partial charge in [-0.15, -0.1) is 0 Å². The second kappa shape index (κ2) is 4.16. The van der Waals surface area contributed by atoms with Gasteiger partial charge in [-0.05, 0) is 0 Å². The molecule has 66 valence electrons. The number of carbonyl (C=O) groups is 2. The van der Waals surface area contributed by atoms with Crippen LogP contribution in [0.2, 0.25) is 0 Å². The molecule has 0 unspecified atom stereocenters. The third-order valence-corrected chi connectivity index (χ3v) is 2.73. The maximum Gasteiger partial charge on any atom is 0.289 e. The third kappa shape index (κ3) is 2.15. The summed E-state index contributed by atoms with van der Waals surface area (Å²) >= 11 is 11.8. The van der Waals surface area contributed by atoms with Gasteiger partial charge in [0.05, 0.1) is 12.3 Å². The van der Waals surface area contributed by atoms with Crippen LogP contribution in [0.1, 0.15) is 0 Å². The molecule has 0 aliphatic carbocycles. The molecule has 12 heavy (non-hydrogen) atoms. The van der Waals surface area contributed by atoms with Gasteiger partial charge < -0.3 is 0 Å². The zero-order chi connectivity index (χ0) is 9.14. The molecule has 0 aromatic heterocycles. The molecule has 0 radical (unpaired) electrons. The highest BCUT2D eigenvalue weighted by atomic mass is 35.5. The van der Waals surface area contributed by atoms with Crippen LogP contribution in [0.4, 0.5) is 4.79 Å². The van der Waals surface area contributed by atoms with E-state index in [1.54, 1.807) is 0 Å². The average molecular weight is 226 g/mol. The van der Waals surface area contributed by atoms with Crippen LogP contribution in [-0.2, 0) is 4.79 Å². The Kier molecular flexibility index (Phi) is 3.43. The minimum Gasteiger partial charge on any atom is -0.273 e. The van der Waals surface area contributed by atoms with Gasteiger partial charge in [-0.3, -0.25) is 14.5 Å². The second-order valence-corrected chi connectivity index (χ2v) is 3.72. The standard InChI is InChI=1S/C6H5Cl2NO2S/c7-1-4(8)2-9-5(10)3-12-6(9)11/h1H,2-3H2/b4-1+. The van der Waals surface area contributed by atoms with E-state index in [0.717, 1.165) is 22.2 Å². The summed E-state index contributed by atoms with van der Waals surface area (Å²) < 4.78 is 0. The summed E-state index contributed by atoms with van der Waals surface area (Å²) in [4.78, 5) is 23.0. The van der Waals surface area contributed by atoms with E-state index < -0.39 is 0 Å². The number of hydrogen-bond donors (Lipinski definition) is 0. The molecule has 6 heteroatoms. The molecule has 0 aromatic rings. The molecule has 1 rings (SSSR count). The predicted molar refractivity (Wildman–Crippen MR) is 49.4 cm³/mol. The van der Waals surface area contributed by atoms with E-state index in [0.29, 0.717) is 0 Å². The molecular formula is C6H5Cl2NO2S. The first kappa shape index (κ1) is 9.89. The molecule has 0 saturated carbocycles. The summed E-state index contributed by atoms with van der Waals surface area (Å²) in [6.07, 6.45) is 0. The molecule has 3 nitrogen and oxygen atoms in total. The molecular weight excluding hydrogens is 221 g/mol. The Balaban J connectivity index is 2.62. The number of carbonyl (C=O) groups excluding carboxylic acids is 2. The average Bonchev–Trinajstić information content (AvgIpc) is 2.35. The highest BCUT2D eigenvalue weighted by Crippen LogP contribution is 2.20. The molecule has 1 aliphatic rings. The van der Waals surface area contributed by atoms with Gasteiger partial charge in [0.2, 0.25) is 5.91 Å². The first-order valence-corrected chi connectivity index (χ1v) is 4.87. The zero-order valence-electron chi connectivity index (χ0n) is 5.92. The summed E-state index contributed by atoms with van der Waals surface area (Å²) in [6.45, 7) is 0.0791. The summed E-state index contributed by atoms with van der Waals surface area (Å²) in [6, 6.07) is 0. The Bertz CT molecular complexity index is 238. The van der Waals surface area contributed by atoms with Crippen molar-refractivity contribution in [3.8, 4) is 0 Å². The molecule has 0 spiro atoms. The first-order valence-electron chi connectivity index (χ1n) is 3.07. The molecule has 1 aliphatic heterocycles. The fourth-order valence-electron chi connectivity index (χ4n) is 0.719. The van der Waals surface area contributed by atoms with Crippen LogP contribution in [-0.4, -0.2) is 28.3 Å². The Morgan fingerprint density at radius 3 is 2.75 bits per heavy atom. The van der Waals surface area contributed by atoms with Crippen molar-refractivity contribution in [3.05, 3.63) is 10.6 Å². The first-order chi connectivity index (χ1) is 5.65. The number of rotatable bonds is 2. The van der Waals surface area contributed by atoms with Gasteiger partial charge in [-0.1, -0.05) is 35.0 Å². The molecule has 1 saturated heterocycles. The molecule has 1 heterocycles. The van der Waals surface area contributed by atoms with Crippen molar-refractivity contribution in [3.63, 3.8) is 0 Å². The lowest BCUT2D eigenvalue weighted by atomic mass is 10.5. The molecule has 1 fully saturated rings. The van der Waals surface area contributed by atoms with Crippen molar-refractivity contribution in [2.24, 2.45) is 0 Å². The molecule has 0 aromatic carbocycles. The van der Waals surface area contributed by atoms with Crippen molar-refractivity contribution in [2.45, 2.75) is 0 Å². The maximum atomic E-state index is 11.0. The van der Waals surface area contributed by atoms with Gasteiger partial charge in [0, 0.05) is 10.6 Å². The zero-order valence-corrected chi connectivity index (χ0v) is 8.25. The van der Waals surface area contributed by atoms with Gasteiger partial charge in [0.15, 0.2) is 0 Å². The van der Waals surface area contributed by atoms with Gasteiger partial charge in [0.25, 0.3) is 5.24 Å². The smallest absolute Gasteiger partial charge is 0.273 e. The van der Waals surface area contributed by atoms with E-state index in [9.17, 15) is 9.59 Å². The van der Waals surface area contributed by atoms with Crippen molar-refractivity contribution in [1.82, 2.24) is 4.90 Å². The largest absolute Gasteiger partial charge is 0.289 e. The lowest BCUT2D eigenvalue weighted by Crippen LogP contribution is -2.29. The van der Waals surface area contributed by atoms with Crippen LogP contribution in [0.5, 0.6) is 0 Å². The van der Waals surface area contributed by atoms with Crippen LogP contribution in [0.25, 0.3) is 0 Å². The summed E-state index contributed by atoms with van der Waals surface area (Å²) in [5.74, 6) is -0.0210. The second-order valence-electron chi connectivity index (χ2n) is 2.09. The maximum absolute atomic E-state index is 11.0. The molecule has 0 bridgehead atoms. The third-order valence-electron chi connectivity index (χ3n) is 1.27. The van der Waals surface area contributed by atoms with E-state index in [1.165, 1.54) is 0 Å². The highest BCUT2D eigenvalue weighted by molar-refractivity contribution is 8.14. The van der Waals surface area contributed by atoms with Crippen LogP contribution < -0.4 is 0 Å². The minimum absolute atomic E-state index is 0.0791. The minimum atomic E-state index is -0.267. The van der Waals surface area contributed by atoms with Crippen LogP contribution >= 0.6 is 35.0 Å². The van der Waals surface area contributed by atoms with Crippen LogP contribution in [0.3, 0.4) is 0 Å². The summed E-state index contributed by atoms with van der Waals surface area (Å²) in [5, 5.41) is 0.0116. The van der Waals surface area contributed by atoms with Crippen molar-refractivity contribution < 1.29 is 9.59 Å². The van der Waals surface area contributed by atoms with Crippen molar-refractivity contribution in [2.75, 3.05) is 12.3 Å². The Morgan fingerprint density at radius 1 is 1.67 bits per heavy atom. The van der Waals surface area contributed by atoms with E-state index in [4.69, 9.17) is 23.2 Å². The summed E-state index contributed by atoms with van der Waals surface area (Å²) in [5.41, 5.74) is 1.14. The fraction of sp³-hybridized carbons (Fsp3) is 0.333. The predicted octanol–water partition coefficient (Wildman–Crippen LogP) is 2.00. The molecule has 0 N–H and O–H groups in total. The van der Waals surface area contributed by atoms with E-state index in [-0.39, 0.29) is 28.5 Å². The Hall–Kier alpha value is -0.190. The van der Waals surface area contributed by atoms with Gasteiger partial charge >= 0.3 is 0 Å². The monoisotopic (exact) mass is 225 g/mol. The number of thioether (sulfide) groups is 1. The highest BCUT2D eigenvalue weighted by Gasteiger charge is 2.29. The molecule has 0 atom stereocenters. The topological polar surface area (TPSA) is 37.4 Å². The van der Waals surface area contributed by atoms with Crippen LogP contribution in [0.15, 0.2) is 10.6 Å². The number of amides is 2. The molecule has 2 amide bonds. The number of halogens is 2. The lowest BCUT2D eigenvalue weighted by molar-refractivity contribution is -0.124. The van der Waals surface area contributed by atoms with Crippen molar-refractivity contribution >= 4 is 46.1 Å². The van der Waals surface area contributed by atoms with Gasteiger partial charge in [0.1, 0.15) is 0 Å². The fourth-order valence-corrected chi connectivity index (χ4v) is 1.63. The van der Waals surface area contributed by atoms with E-state index in [1.807, 2.05) is 0 Å². The summed E-state index contributed by atoms with van der Waals surface area (Å²) in [7, 11) is 0. The Morgan fingerprint density at radius 2 is 2.33 bits per heavy atom. The number of nitrogens with zero attached hydrogens (tertiary/aromatic N) is 1. The number of hydrogen-bond acceptors (Lipinski definition) is 3. The van der Waals surface area contributed by atoms with Gasteiger partial charge in [-0.2, -0.15) is 0 Å². The van der Waals surface area contributed by atoms with Crippen LogP contribution in [0, 0.1) is 0 Å². The Labute approximate surface area is 83.7 Å². The van der Waals surface area contributed by atoms with E-state index in [2.05, 4.69) is 0 Å². The quantitative estimate of drug-likeness (QED) is 0.722. The van der Waals surface area contributed by atoms with E-state index >= 15 is 0 Å². The van der Waals surface area contributed by atoms with Gasteiger partial charge in [-0.25, -0.2) is 0 Å². The van der Waals surface area contributed by atoms with Crippen molar-refractivity contribution in [1.29, 1.82) is 0 Å². The lowest BCUT2D eigenvalue weighted by Gasteiger charge is -2.10.